The van der Waals surface area contributed by atoms with E-state index in [1.807, 2.05) is 6.08 Å². The Balaban J connectivity index is 3.37. The summed E-state index contributed by atoms with van der Waals surface area (Å²) in [7, 11) is 0. The van der Waals surface area contributed by atoms with Gasteiger partial charge in [-0.05, 0) is 51.4 Å². The number of nitrogens with one attached hydrogen (secondary N) is 1. The van der Waals surface area contributed by atoms with Crippen molar-refractivity contribution < 1.29 is 24.5 Å². The minimum absolute atomic E-state index is 0.00680. The number of hydrogen-bond donors (Lipinski definition) is 3. The number of aliphatic hydroxyl groups is 2. The van der Waals surface area contributed by atoms with Crippen molar-refractivity contribution in [3.63, 3.8) is 0 Å². The van der Waals surface area contributed by atoms with Crippen molar-refractivity contribution in [2.75, 3.05) is 13.2 Å². The lowest BCUT2D eigenvalue weighted by Gasteiger charge is -2.20. The minimum Gasteiger partial charge on any atom is -0.466 e. The van der Waals surface area contributed by atoms with Crippen LogP contribution in [0.2, 0.25) is 0 Å². The summed E-state index contributed by atoms with van der Waals surface area (Å²) in [5, 5.41) is 23.2. The Labute approximate surface area is 443 Å². The van der Waals surface area contributed by atoms with E-state index in [2.05, 4.69) is 31.3 Å². The van der Waals surface area contributed by atoms with Gasteiger partial charge in [-0.1, -0.05) is 314 Å². The van der Waals surface area contributed by atoms with Gasteiger partial charge in [0.2, 0.25) is 5.91 Å². The van der Waals surface area contributed by atoms with Crippen LogP contribution in [0.25, 0.3) is 0 Å². The molecule has 0 aromatic carbocycles. The van der Waals surface area contributed by atoms with Crippen LogP contribution in [0.1, 0.15) is 354 Å². The highest BCUT2D eigenvalue weighted by Crippen LogP contribution is 2.18. The molecule has 2 unspecified atom stereocenters. The standard InChI is InChI=1S/C65H125NO5/c1-3-5-7-9-11-13-15-16-17-31-34-38-41-45-49-53-57-63(68)62(61-67)66-64(69)58-54-50-46-42-39-35-32-29-27-25-23-21-19-18-20-22-24-26-28-30-33-36-40-44-48-52-56-60-71-65(70)59-55-51-47-43-37-14-12-10-8-6-4-2/h10,12,53,57,62-63,67-68H,3-9,11,13-52,54-56,58-61H2,1-2H3,(H,66,69)/b12-10-,57-53+. The zero-order chi connectivity index (χ0) is 51.4. The molecule has 2 atom stereocenters. The van der Waals surface area contributed by atoms with Crippen LogP contribution in [0.15, 0.2) is 24.3 Å². The number of unbranched alkanes of at least 4 members (excludes halogenated alkanes) is 47. The van der Waals surface area contributed by atoms with Crippen molar-refractivity contribution in [2.45, 2.75) is 366 Å². The van der Waals surface area contributed by atoms with Gasteiger partial charge in [-0.15, -0.1) is 0 Å². The van der Waals surface area contributed by atoms with Crippen LogP contribution >= 0.6 is 0 Å². The van der Waals surface area contributed by atoms with Crippen LogP contribution in [0.5, 0.6) is 0 Å². The second-order valence-corrected chi connectivity index (χ2v) is 22.1. The molecule has 0 aliphatic carbocycles. The lowest BCUT2D eigenvalue weighted by Crippen LogP contribution is -2.45. The van der Waals surface area contributed by atoms with E-state index in [1.165, 1.54) is 283 Å². The Morgan fingerprint density at radius 3 is 1.04 bits per heavy atom. The van der Waals surface area contributed by atoms with E-state index >= 15 is 0 Å². The molecule has 0 aromatic heterocycles. The van der Waals surface area contributed by atoms with Crippen molar-refractivity contribution in [1.29, 1.82) is 0 Å². The van der Waals surface area contributed by atoms with Crippen molar-refractivity contribution in [3.8, 4) is 0 Å². The summed E-state index contributed by atoms with van der Waals surface area (Å²) in [6.45, 7) is 4.89. The summed E-state index contributed by atoms with van der Waals surface area (Å²) in [5.41, 5.74) is 0. The highest BCUT2D eigenvalue weighted by Gasteiger charge is 2.18. The number of allylic oxidation sites excluding steroid dienone is 3. The number of esters is 1. The fraction of sp³-hybridized carbons (Fsp3) is 0.908. The maximum Gasteiger partial charge on any atom is 0.305 e. The van der Waals surface area contributed by atoms with E-state index in [1.54, 1.807) is 6.08 Å². The molecule has 6 nitrogen and oxygen atoms in total. The lowest BCUT2D eigenvalue weighted by molar-refractivity contribution is -0.143. The lowest BCUT2D eigenvalue weighted by atomic mass is 10.0. The monoisotopic (exact) mass is 1000 g/mol. The van der Waals surface area contributed by atoms with E-state index in [0.717, 1.165) is 44.9 Å². The number of carbonyl (C=O) groups excluding carboxylic acids is 2. The highest BCUT2D eigenvalue weighted by molar-refractivity contribution is 5.76. The third-order valence-corrected chi connectivity index (χ3v) is 15.0. The number of carbonyl (C=O) groups is 2. The second-order valence-electron chi connectivity index (χ2n) is 22.1. The third kappa shape index (κ3) is 57.5. The molecule has 0 spiro atoms. The van der Waals surface area contributed by atoms with Gasteiger partial charge >= 0.3 is 5.97 Å². The molecule has 0 aliphatic rings. The van der Waals surface area contributed by atoms with Crippen LogP contribution in [0, 0.1) is 0 Å². The third-order valence-electron chi connectivity index (χ3n) is 15.0. The molecule has 0 aliphatic heterocycles. The molecule has 0 bridgehead atoms. The first kappa shape index (κ1) is 69.3. The van der Waals surface area contributed by atoms with Crippen LogP contribution in [-0.4, -0.2) is 47.4 Å². The molecule has 0 heterocycles. The molecule has 1 amide bonds. The van der Waals surface area contributed by atoms with E-state index < -0.39 is 12.1 Å². The van der Waals surface area contributed by atoms with Gasteiger partial charge in [-0.2, -0.15) is 0 Å². The number of aliphatic hydroxyl groups excluding tert-OH is 2. The van der Waals surface area contributed by atoms with Gasteiger partial charge in [0.05, 0.1) is 25.4 Å². The summed E-state index contributed by atoms with van der Waals surface area (Å²) in [6, 6.07) is -0.625. The molecular weight excluding hydrogens is 875 g/mol. The zero-order valence-corrected chi connectivity index (χ0v) is 48.0. The zero-order valence-electron chi connectivity index (χ0n) is 48.0. The Morgan fingerprint density at radius 1 is 0.380 bits per heavy atom. The normalized spacial score (nSPS) is 12.7. The SMILES string of the molecule is CCCC/C=C\CCCCCCCC(=O)OCCCCCCCCCCCCCCCCCCCCCCCCCCCCCC(=O)NC(CO)C(O)/C=C/CCCCCCCCCCCCCCCC. The summed E-state index contributed by atoms with van der Waals surface area (Å²) in [4.78, 5) is 24.5. The first-order valence-electron chi connectivity index (χ1n) is 32.1. The average molecular weight is 1000 g/mol. The van der Waals surface area contributed by atoms with Gasteiger partial charge in [-0.3, -0.25) is 9.59 Å². The van der Waals surface area contributed by atoms with Crippen molar-refractivity contribution in [1.82, 2.24) is 5.32 Å². The van der Waals surface area contributed by atoms with Crippen LogP contribution in [-0.2, 0) is 14.3 Å². The minimum atomic E-state index is -0.842. The van der Waals surface area contributed by atoms with E-state index in [4.69, 9.17) is 4.74 Å². The smallest absolute Gasteiger partial charge is 0.305 e. The van der Waals surface area contributed by atoms with Crippen LogP contribution in [0.4, 0.5) is 0 Å². The molecule has 0 fully saturated rings. The van der Waals surface area contributed by atoms with E-state index in [-0.39, 0.29) is 18.5 Å². The molecule has 71 heavy (non-hydrogen) atoms. The second kappa shape index (κ2) is 60.9. The molecule has 0 saturated carbocycles. The van der Waals surface area contributed by atoms with Crippen molar-refractivity contribution >= 4 is 11.9 Å². The molecule has 6 heteroatoms. The van der Waals surface area contributed by atoms with Gasteiger partial charge < -0.3 is 20.3 Å². The number of ether oxygens (including phenoxy) is 1. The Kier molecular flexibility index (Phi) is 59.5. The van der Waals surface area contributed by atoms with Crippen molar-refractivity contribution in [2.24, 2.45) is 0 Å². The van der Waals surface area contributed by atoms with Gasteiger partial charge in [0.15, 0.2) is 0 Å². The van der Waals surface area contributed by atoms with Gasteiger partial charge in [0, 0.05) is 12.8 Å². The largest absolute Gasteiger partial charge is 0.466 e. The Hall–Kier alpha value is -1.66. The van der Waals surface area contributed by atoms with Crippen molar-refractivity contribution in [3.05, 3.63) is 24.3 Å². The van der Waals surface area contributed by atoms with E-state index in [9.17, 15) is 19.8 Å². The molecule has 0 rings (SSSR count). The van der Waals surface area contributed by atoms with Gasteiger partial charge in [-0.25, -0.2) is 0 Å². The summed E-state index contributed by atoms with van der Waals surface area (Å²) in [6.07, 6.45) is 75.2. The van der Waals surface area contributed by atoms with Gasteiger partial charge in [0.25, 0.3) is 0 Å². The highest BCUT2D eigenvalue weighted by atomic mass is 16.5. The first-order valence-corrected chi connectivity index (χ1v) is 32.1. The first-order chi connectivity index (χ1) is 35.0. The van der Waals surface area contributed by atoms with Crippen LogP contribution < -0.4 is 5.32 Å². The topological polar surface area (TPSA) is 95.9 Å². The average Bonchev–Trinajstić information content (AvgIpc) is 3.37. The molecule has 0 saturated heterocycles. The van der Waals surface area contributed by atoms with Crippen LogP contribution in [0.3, 0.4) is 0 Å². The molecule has 0 radical (unpaired) electrons. The maximum absolute atomic E-state index is 12.5. The Morgan fingerprint density at radius 2 is 0.676 bits per heavy atom. The summed E-state index contributed by atoms with van der Waals surface area (Å²) >= 11 is 0. The van der Waals surface area contributed by atoms with E-state index in [0.29, 0.717) is 19.4 Å². The fourth-order valence-electron chi connectivity index (χ4n) is 10.0. The number of amides is 1. The quantitative estimate of drug-likeness (QED) is 0.0320. The predicted molar refractivity (Wildman–Crippen MR) is 310 cm³/mol. The predicted octanol–water partition coefficient (Wildman–Crippen LogP) is 20.2. The number of hydrogen-bond acceptors (Lipinski definition) is 5. The number of rotatable bonds is 60. The molecule has 420 valence electrons. The molecule has 3 N–H and O–H groups in total. The fourth-order valence-corrected chi connectivity index (χ4v) is 10.0. The molecule has 0 aromatic rings. The Bertz CT molecular complexity index is 1110. The maximum atomic E-state index is 12.5. The molecular formula is C65H125NO5. The van der Waals surface area contributed by atoms with Gasteiger partial charge in [0.1, 0.15) is 0 Å². The summed E-state index contributed by atoms with van der Waals surface area (Å²) in [5.74, 6) is -0.0562. The summed E-state index contributed by atoms with van der Waals surface area (Å²) < 4.78 is 5.46.